The lowest BCUT2D eigenvalue weighted by Crippen LogP contribution is -2.36. The van der Waals surface area contributed by atoms with Crippen LogP contribution in [0.4, 0.5) is 0 Å². The normalized spacial score (nSPS) is 10.3. The SMILES string of the molecule is COc1ccc(CC[n+]2cc(=O)o[nH]2)c(OC)c1. The maximum atomic E-state index is 10.8. The van der Waals surface area contributed by atoms with Gasteiger partial charge >= 0.3 is 5.63 Å². The predicted octanol–water partition coefficient (Wildman–Crippen LogP) is 0.515. The molecule has 96 valence electrons. The molecule has 2 aromatic rings. The van der Waals surface area contributed by atoms with Crippen molar-refractivity contribution in [3.8, 4) is 11.5 Å². The van der Waals surface area contributed by atoms with Crippen molar-refractivity contribution < 1.29 is 18.7 Å². The van der Waals surface area contributed by atoms with E-state index >= 15 is 0 Å². The number of rotatable bonds is 5. The summed E-state index contributed by atoms with van der Waals surface area (Å²) in [5.74, 6) is 1.51. The molecule has 0 saturated heterocycles. The van der Waals surface area contributed by atoms with E-state index in [1.165, 1.54) is 6.20 Å². The van der Waals surface area contributed by atoms with E-state index in [2.05, 4.69) is 9.79 Å². The van der Waals surface area contributed by atoms with Crippen molar-refractivity contribution in [1.29, 1.82) is 0 Å². The van der Waals surface area contributed by atoms with Crippen LogP contribution >= 0.6 is 0 Å². The van der Waals surface area contributed by atoms with Crippen LogP contribution in [0, 0.1) is 0 Å². The maximum absolute atomic E-state index is 10.8. The number of methoxy groups -OCH3 is 2. The Morgan fingerprint density at radius 2 is 2.17 bits per heavy atom. The minimum absolute atomic E-state index is 0.392. The Bertz CT molecular complexity index is 573. The second-order valence-corrected chi connectivity index (χ2v) is 3.76. The first-order valence-corrected chi connectivity index (χ1v) is 5.52. The number of nitrogens with one attached hydrogen (secondary N) is 1. The van der Waals surface area contributed by atoms with Crippen molar-refractivity contribution in [3.05, 3.63) is 40.4 Å². The first-order valence-electron chi connectivity index (χ1n) is 5.52. The fourth-order valence-corrected chi connectivity index (χ4v) is 1.69. The predicted molar refractivity (Wildman–Crippen MR) is 62.8 cm³/mol. The highest BCUT2D eigenvalue weighted by Gasteiger charge is 2.10. The molecule has 0 fully saturated rings. The summed E-state index contributed by atoms with van der Waals surface area (Å²) in [6.45, 7) is 0.606. The van der Waals surface area contributed by atoms with E-state index in [9.17, 15) is 4.79 Å². The number of hydrogen-bond donors (Lipinski definition) is 1. The molecule has 1 N–H and O–H groups in total. The average Bonchev–Trinajstić information content (AvgIpc) is 2.82. The van der Waals surface area contributed by atoms with Gasteiger partial charge in [0.25, 0.3) is 6.20 Å². The van der Waals surface area contributed by atoms with Gasteiger partial charge in [0.2, 0.25) is 0 Å². The molecular weight excluding hydrogens is 236 g/mol. The standard InChI is InChI=1S/C12H14N2O4/c1-16-10-4-3-9(11(7-10)17-2)5-6-14-8-12(15)18-13-14/h3-4,7-8H,5-6H2,1-2H3/p+1. The number of hydrogen-bond acceptors (Lipinski definition) is 4. The summed E-state index contributed by atoms with van der Waals surface area (Å²) in [5, 5.41) is 2.50. The zero-order chi connectivity index (χ0) is 13.0. The van der Waals surface area contributed by atoms with Gasteiger partial charge in [0, 0.05) is 18.1 Å². The summed E-state index contributed by atoms with van der Waals surface area (Å²) in [6.07, 6.45) is 2.09. The molecule has 1 heterocycles. The van der Waals surface area contributed by atoms with E-state index in [1.54, 1.807) is 18.9 Å². The van der Waals surface area contributed by atoms with Crippen LogP contribution in [0.3, 0.4) is 0 Å². The molecule has 0 saturated carbocycles. The lowest BCUT2D eigenvalue weighted by Gasteiger charge is -2.08. The first kappa shape index (κ1) is 12.2. The third-order valence-electron chi connectivity index (χ3n) is 2.64. The Morgan fingerprint density at radius 3 is 2.78 bits per heavy atom. The van der Waals surface area contributed by atoms with Gasteiger partial charge in [0.05, 0.1) is 14.2 Å². The molecule has 0 unspecified atom stereocenters. The van der Waals surface area contributed by atoms with Gasteiger partial charge in [-0.15, -0.1) is 0 Å². The van der Waals surface area contributed by atoms with Gasteiger partial charge in [0.15, 0.2) is 6.54 Å². The molecular formula is C12H15N2O4+. The molecule has 2 rings (SSSR count). The Morgan fingerprint density at radius 1 is 1.33 bits per heavy atom. The topological polar surface area (TPSA) is 68.3 Å². The number of ether oxygens (including phenoxy) is 2. The van der Waals surface area contributed by atoms with E-state index in [0.29, 0.717) is 13.0 Å². The van der Waals surface area contributed by atoms with Crippen LogP contribution < -0.4 is 19.8 Å². The van der Waals surface area contributed by atoms with Crippen molar-refractivity contribution in [2.45, 2.75) is 13.0 Å². The molecule has 6 heteroatoms. The number of aromatic amines is 1. The van der Waals surface area contributed by atoms with Gasteiger partial charge in [-0.05, 0) is 11.3 Å². The first-order chi connectivity index (χ1) is 8.72. The third-order valence-corrected chi connectivity index (χ3v) is 2.64. The van der Waals surface area contributed by atoms with E-state index in [-0.39, 0.29) is 0 Å². The molecule has 6 nitrogen and oxygen atoms in total. The number of aryl methyl sites for hydroxylation is 2. The quantitative estimate of drug-likeness (QED) is 0.786. The van der Waals surface area contributed by atoms with Crippen LogP contribution in [-0.2, 0) is 13.0 Å². The van der Waals surface area contributed by atoms with Crippen LogP contribution in [0.25, 0.3) is 0 Å². The molecule has 0 bridgehead atoms. The van der Waals surface area contributed by atoms with Crippen molar-refractivity contribution >= 4 is 0 Å². The van der Waals surface area contributed by atoms with Gasteiger partial charge in [-0.1, -0.05) is 10.7 Å². The number of benzene rings is 1. The molecule has 18 heavy (non-hydrogen) atoms. The van der Waals surface area contributed by atoms with Crippen molar-refractivity contribution in [2.24, 2.45) is 0 Å². The van der Waals surface area contributed by atoms with E-state index < -0.39 is 5.63 Å². The van der Waals surface area contributed by atoms with E-state index in [1.807, 2.05) is 18.2 Å². The number of H-pyrrole nitrogens is 1. The van der Waals surface area contributed by atoms with Crippen molar-refractivity contribution in [3.63, 3.8) is 0 Å². The zero-order valence-electron chi connectivity index (χ0n) is 10.3. The Balaban J connectivity index is 2.11. The second kappa shape index (κ2) is 5.39. The minimum Gasteiger partial charge on any atom is -0.497 e. The molecule has 0 aliphatic rings. The maximum Gasteiger partial charge on any atom is 0.426 e. The molecule has 0 radical (unpaired) electrons. The van der Waals surface area contributed by atoms with Crippen LogP contribution in [0.5, 0.6) is 11.5 Å². The lowest BCUT2D eigenvalue weighted by molar-refractivity contribution is -0.761. The van der Waals surface area contributed by atoms with Gasteiger partial charge in [-0.3, -0.25) is 4.52 Å². The lowest BCUT2D eigenvalue weighted by atomic mass is 10.1. The largest absolute Gasteiger partial charge is 0.497 e. The Hall–Kier alpha value is -2.24. The zero-order valence-corrected chi connectivity index (χ0v) is 10.3. The van der Waals surface area contributed by atoms with E-state index in [0.717, 1.165) is 17.1 Å². The second-order valence-electron chi connectivity index (χ2n) is 3.76. The molecule has 0 aliphatic carbocycles. The van der Waals surface area contributed by atoms with Gasteiger partial charge in [-0.25, -0.2) is 4.79 Å². The van der Waals surface area contributed by atoms with Gasteiger partial charge in [-0.2, -0.15) is 0 Å². The fourth-order valence-electron chi connectivity index (χ4n) is 1.69. The van der Waals surface area contributed by atoms with Gasteiger partial charge < -0.3 is 9.47 Å². The summed E-state index contributed by atoms with van der Waals surface area (Å²) in [5.41, 5.74) is 0.643. The van der Waals surface area contributed by atoms with Crippen LogP contribution in [-0.4, -0.2) is 19.5 Å². The fraction of sp³-hybridized carbons (Fsp3) is 0.333. The molecule has 0 amide bonds. The summed E-state index contributed by atoms with van der Waals surface area (Å²) < 4.78 is 16.6. The Kier molecular flexibility index (Phi) is 3.66. The summed E-state index contributed by atoms with van der Waals surface area (Å²) in [7, 11) is 3.23. The average molecular weight is 251 g/mol. The summed E-state index contributed by atoms with van der Waals surface area (Å²) >= 11 is 0. The number of aromatic nitrogens is 2. The highest BCUT2D eigenvalue weighted by molar-refractivity contribution is 5.40. The van der Waals surface area contributed by atoms with E-state index in [4.69, 9.17) is 9.47 Å². The van der Waals surface area contributed by atoms with Crippen LogP contribution in [0.2, 0.25) is 0 Å². The van der Waals surface area contributed by atoms with Gasteiger partial charge in [0.1, 0.15) is 11.5 Å². The highest BCUT2D eigenvalue weighted by atomic mass is 16.5. The van der Waals surface area contributed by atoms with Crippen LogP contribution in [0.15, 0.2) is 33.7 Å². The molecule has 0 aliphatic heterocycles. The summed E-state index contributed by atoms with van der Waals surface area (Å²) in [4.78, 5) is 10.8. The highest BCUT2D eigenvalue weighted by Crippen LogP contribution is 2.24. The smallest absolute Gasteiger partial charge is 0.426 e. The molecule has 1 aromatic carbocycles. The van der Waals surface area contributed by atoms with Crippen LogP contribution in [0.1, 0.15) is 5.56 Å². The van der Waals surface area contributed by atoms with Crippen molar-refractivity contribution in [2.75, 3.05) is 14.2 Å². The summed E-state index contributed by atoms with van der Waals surface area (Å²) in [6, 6.07) is 5.65. The number of nitrogens with zero attached hydrogens (tertiary/aromatic N) is 1. The molecule has 1 aromatic heterocycles. The van der Waals surface area contributed by atoms with Crippen molar-refractivity contribution in [1.82, 2.24) is 5.27 Å². The molecule has 0 atom stereocenters. The molecule has 0 spiro atoms. The monoisotopic (exact) mass is 251 g/mol. The minimum atomic E-state index is -0.392. The third kappa shape index (κ3) is 2.71. The Labute approximate surface area is 104 Å².